The summed E-state index contributed by atoms with van der Waals surface area (Å²) in [4.78, 5) is 16.1. The van der Waals surface area contributed by atoms with Crippen LogP contribution >= 0.6 is 15.9 Å². The maximum Gasteiger partial charge on any atom is 0.301 e. The van der Waals surface area contributed by atoms with E-state index in [1.807, 2.05) is 24.6 Å². The number of nitrogens with one attached hydrogen (secondary N) is 1. The summed E-state index contributed by atoms with van der Waals surface area (Å²) in [5.41, 5.74) is 1.29. The van der Waals surface area contributed by atoms with E-state index < -0.39 is 0 Å². The summed E-state index contributed by atoms with van der Waals surface area (Å²) in [6, 6.07) is 2.18. The summed E-state index contributed by atoms with van der Waals surface area (Å²) in [6.07, 6.45) is 3.37. The van der Waals surface area contributed by atoms with Crippen molar-refractivity contribution in [2.75, 3.05) is 5.32 Å². The van der Waals surface area contributed by atoms with Crippen LogP contribution in [-0.4, -0.2) is 15.5 Å². The van der Waals surface area contributed by atoms with Gasteiger partial charge in [-0.15, -0.1) is 0 Å². The normalized spacial score (nSPS) is 10.9. The zero-order valence-electron chi connectivity index (χ0n) is 10.4. The van der Waals surface area contributed by atoms with E-state index in [0.717, 1.165) is 10.2 Å². The molecule has 0 unspecified atom stereocenters. The van der Waals surface area contributed by atoms with Crippen LogP contribution in [0.15, 0.2) is 27.4 Å². The Labute approximate surface area is 113 Å². The van der Waals surface area contributed by atoms with Crippen LogP contribution in [0.3, 0.4) is 0 Å². The quantitative estimate of drug-likeness (QED) is 0.945. The van der Waals surface area contributed by atoms with Gasteiger partial charge in [-0.25, -0.2) is 0 Å². The van der Waals surface area contributed by atoms with E-state index in [2.05, 4.69) is 26.2 Å². The monoisotopic (exact) mass is 311 g/mol. The number of hydrogen-bond acceptors (Lipinski definition) is 3. The minimum atomic E-state index is -0.240. The fourth-order valence-corrected chi connectivity index (χ4v) is 2.06. The van der Waals surface area contributed by atoms with Crippen molar-refractivity contribution < 1.29 is 9.21 Å². The Bertz CT molecular complexity index is 572. The first-order chi connectivity index (χ1) is 8.47. The van der Waals surface area contributed by atoms with Crippen LogP contribution in [0.4, 0.5) is 6.01 Å². The number of carbonyl (C=O) groups is 1. The van der Waals surface area contributed by atoms with Gasteiger partial charge < -0.3 is 8.98 Å². The average Bonchev–Trinajstić information content (AvgIpc) is 2.85. The Kier molecular flexibility index (Phi) is 3.56. The van der Waals surface area contributed by atoms with Gasteiger partial charge in [-0.05, 0) is 42.8 Å². The minimum absolute atomic E-state index is 0.198. The Morgan fingerprint density at radius 2 is 2.28 bits per heavy atom. The number of carbonyl (C=O) groups excluding carboxylic acids is 1. The molecule has 0 aliphatic rings. The molecule has 2 heterocycles. The highest BCUT2D eigenvalue weighted by molar-refractivity contribution is 9.10. The smallest absolute Gasteiger partial charge is 0.301 e. The molecule has 0 saturated heterocycles. The summed E-state index contributed by atoms with van der Waals surface area (Å²) in [6.45, 7) is 5.82. The van der Waals surface area contributed by atoms with E-state index in [0.29, 0.717) is 5.69 Å². The molecule has 2 rings (SSSR count). The molecule has 0 spiro atoms. The van der Waals surface area contributed by atoms with Gasteiger partial charge >= 0.3 is 6.01 Å². The van der Waals surface area contributed by atoms with Crippen molar-refractivity contribution in [3.8, 4) is 0 Å². The minimum Gasteiger partial charge on any atom is -0.432 e. The third-order valence-corrected chi connectivity index (χ3v) is 2.88. The molecule has 0 saturated carbocycles. The van der Waals surface area contributed by atoms with Crippen molar-refractivity contribution in [1.82, 2.24) is 9.55 Å². The van der Waals surface area contributed by atoms with Gasteiger partial charge in [-0.1, -0.05) is 0 Å². The van der Waals surface area contributed by atoms with Crippen molar-refractivity contribution in [3.05, 3.63) is 34.4 Å². The second kappa shape index (κ2) is 4.97. The number of aryl methyl sites for hydroxylation is 1. The fourth-order valence-electron chi connectivity index (χ4n) is 1.63. The van der Waals surface area contributed by atoms with Gasteiger partial charge in [0.15, 0.2) is 0 Å². The number of amides is 1. The Balaban J connectivity index is 2.23. The topological polar surface area (TPSA) is 60.1 Å². The predicted octanol–water partition coefficient (Wildman–Crippen LogP) is 3.38. The van der Waals surface area contributed by atoms with Crippen LogP contribution in [0, 0.1) is 6.92 Å². The Hall–Kier alpha value is -1.56. The number of oxazole rings is 1. The van der Waals surface area contributed by atoms with Crippen LogP contribution in [0.2, 0.25) is 0 Å². The van der Waals surface area contributed by atoms with Crippen molar-refractivity contribution in [3.63, 3.8) is 0 Å². The van der Waals surface area contributed by atoms with Crippen LogP contribution < -0.4 is 5.32 Å². The molecule has 6 heteroatoms. The van der Waals surface area contributed by atoms with Gasteiger partial charge in [-0.3, -0.25) is 10.1 Å². The molecular weight excluding hydrogens is 298 g/mol. The van der Waals surface area contributed by atoms with Gasteiger partial charge in [0.25, 0.3) is 5.91 Å². The van der Waals surface area contributed by atoms with Crippen LogP contribution in [0.1, 0.15) is 36.1 Å². The lowest BCUT2D eigenvalue weighted by Gasteiger charge is -2.11. The molecule has 2 aromatic rings. The van der Waals surface area contributed by atoms with Gasteiger partial charge in [0.2, 0.25) is 0 Å². The number of anilines is 1. The molecule has 1 N–H and O–H groups in total. The molecule has 1 amide bonds. The van der Waals surface area contributed by atoms with Gasteiger partial charge in [0, 0.05) is 16.7 Å². The lowest BCUT2D eigenvalue weighted by molar-refractivity contribution is 0.101. The zero-order chi connectivity index (χ0) is 13.3. The molecule has 0 aliphatic carbocycles. The molecule has 0 aliphatic heterocycles. The standard InChI is InChI=1S/C12H14BrN3O2/c1-7(2)16-5-9(13)4-10(16)11(17)15-12-14-8(3)6-18-12/h4-7H,1-3H3,(H,14,15,17). The molecule has 0 atom stereocenters. The summed E-state index contributed by atoms with van der Waals surface area (Å²) in [7, 11) is 0. The highest BCUT2D eigenvalue weighted by Crippen LogP contribution is 2.20. The van der Waals surface area contributed by atoms with Gasteiger partial charge in [0.1, 0.15) is 12.0 Å². The largest absolute Gasteiger partial charge is 0.432 e. The lowest BCUT2D eigenvalue weighted by atomic mass is 10.3. The number of hydrogen-bond donors (Lipinski definition) is 1. The summed E-state index contributed by atoms with van der Waals surface area (Å²) in [5.74, 6) is -0.240. The highest BCUT2D eigenvalue weighted by atomic mass is 79.9. The van der Waals surface area contributed by atoms with Gasteiger partial charge in [-0.2, -0.15) is 4.98 Å². The number of rotatable bonds is 3. The molecule has 0 aromatic carbocycles. The third kappa shape index (κ3) is 2.64. The van der Waals surface area contributed by atoms with E-state index >= 15 is 0 Å². The average molecular weight is 312 g/mol. The van der Waals surface area contributed by atoms with Crippen LogP contribution in [0.25, 0.3) is 0 Å². The SMILES string of the molecule is Cc1coc(NC(=O)c2cc(Br)cn2C(C)C)n1. The molecule has 0 bridgehead atoms. The van der Waals surface area contributed by atoms with Crippen molar-refractivity contribution in [2.24, 2.45) is 0 Å². The molecule has 0 fully saturated rings. The fraction of sp³-hybridized carbons (Fsp3) is 0.333. The summed E-state index contributed by atoms with van der Waals surface area (Å²) < 4.78 is 7.85. The Morgan fingerprint density at radius 3 is 2.83 bits per heavy atom. The van der Waals surface area contributed by atoms with Crippen molar-refractivity contribution in [2.45, 2.75) is 26.8 Å². The number of halogens is 1. The lowest BCUT2D eigenvalue weighted by Crippen LogP contribution is -2.17. The second-order valence-corrected chi connectivity index (χ2v) is 5.21. The third-order valence-electron chi connectivity index (χ3n) is 2.44. The molecule has 18 heavy (non-hydrogen) atoms. The first-order valence-electron chi connectivity index (χ1n) is 5.58. The van der Waals surface area contributed by atoms with Crippen LogP contribution in [0.5, 0.6) is 0 Å². The Morgan fingerprint density at radius 1 is 1.56 bits per heavy atom. The van der Waals surface area contributed by atoms with Crippen LogP contribution in [-0.2, 0) is 0 Å². The molecule has 5 nitrogen and oxygen atoms in total. The molecular formula is C12H14BrN3O2. The second-order valence-electron chi connectivity index (χ2n) is 4.29. The highest BCUT2D eigenvalue weighted by Gasteiger charge is 2.16. The predicted molar refractivity (Wildman–Crippen MR) is 71.7 cm³/mol. The molecule has 0 radical (unpaired) electrons. The number of nitrogens with zero attached hydrogens (tertiary/aromatic N) is 2. The number of aromatic nitrogens is 2. The van der Waals surface area contributed by atoms with E-state index in [1.54, 1.807) is 13.0 Å². The molecule has 96 valence electrons. The zero-order valence-corrected chi connectivity index (χ0v) is 12.0. The van der Waals surface area contributed by atoms with Gasteiger partial charge in [0.05, 0.1) is 5.69 Å². The van der Waals surface area contributed by atoms with Crippen molar-refractivity contribution in [1.29, 1.82) is 0 Å². The maximum absolute atomic E-state index is 12.1. The first kappa shape index (κ1) is 12.9. The van der Waals surface area contributed by atoms with E-state index in [-0.39, 0.29) is 18.0 Å². The van der Waals surface area contributed by atoms with E-state index in [9.17, 15) is 4.79 Å². The van der Waals surface area contributed by atoms with Crippen molar-refractivity contribution >= 4 is 27.9 Å². The first-order valence-corrected chi connectivity index (χ1v) is 6.37. The summed E-state index contributed by atoms with van der Waals surface area (Å²) >= 11 is 3.37. The van der Waals surface area contributed by atoms with E-state index in [4.69, 9.17) is 4.42 Å². The summed E-state index contributed by atoms with van der Waals surface area (Å²) in [5, 5.41) is 2.63. The maximum atomic E-state index is 12.1. The van der Waals surface area contributed by atoms with E-state index in [1.165, 1.54) is 6.26 Å². The molecule has 2 aromatic heterocycles.